The van der Waals surface area contributed by atoms with Gasteiger partial charge < -0.3 is 4.74 Å². The Morgan fingerprint density at radius 1 is 1.21 bits per heavy atom. The van der Waals surface area contributed by atoms with Crippen LogP contribution in [0.5, 0.6) is 0 Å². The molecule has 1 heteroatoms. The number of rotatable bonds is 4. The van der Waals surface area contributed by atoms with Crippen molar-refractivity contribution in [2.75, 3.05) is 0 Å². The predicted molar refractivity (Wildman–Crippen MR) is 61.1 cm³/mol. The number of allylic oxidation sites excluding steroid dienone is 1. The zero-order chi connectivity index (χ0) is 10.6. The fraction of sp³-hybridized carbons (Fsp3) is 0.692. The maximum absolute atomic E-state index is 6.00. The van der Waals surface area contributed by atoms with E-state index in [4.69, 9.17) is 4.74 Å². The van der Waals surface area contributed by atoms with Crippen LogP contribution in [-0.2, 0) is 4.74 Å². The number of hydrogen-bond acceptors (Lipinski definition) is 1. The van der Waals surface area contributed by atoms with E-state index in [1.54, 1.807) is 0 Å². The van der Waals surface area contributed by atoms with Gasteiger partial charge >= 0.3 is 0 Å². The molecule has 0 spiro atoms. The smallest absolute Gasteiger partial charge is 0.115 e. The summed E-state index contributed by atoms with van der Waals surface area (Å²) < 4.78 is 6.00. The van der Waals surface area contributed by atoms with Gasteiger partial charge in [-0.25, -0.2) is 0 Å². The van der Waals surface area contributed by atoms with Crippen LogP contribution in [0, 0.1) is 0 Å². The highest BCUT2D eigenvalue weighted by molar-refractivity contribution is 5.17. The highest BCUT2D eigenvalue weighted by atomic mass is 16.5. The molecule has 0 atom stereocenters. The molecule has 1 aliphatic carbocycles. The molecule has 0 saturated heterocycles. The summed E-state index contributed by atoms with van der Waals surface area (Å²) in [6.07, 6.45) is 7.37. The zero-order valence-corrected chi connectivity index (χ0v) is 9.57. The summed E-state index contributed by atoms with van der Waals surface area (Å²) in [7, 11) is 0. The minimum Gasteiger partial charge on any atom is -0.488 e. The lowest BCUT2D eigenvalue weighted by Crippen LogP contribution is -2.34. The van der Waals surface area contributed by atoms with Gasteiger partial charge in [-0.1, -0.05) is 26.5 Å². The molecule has 0 N–H and O–H groups in total. The maximum atomic E-state index is 6.00. The van der Waals surface area contributed by atoms with Gasteiger partial charge in [0.25, 0.3) is 0 Å². The SMILES string of the molecule is C=C(C)C(=C)OC1(CC)CCCCC1. The minimum atomic E-state index is 0.0638. The van der Waals surface area contributed by atoms with Crippen LogP contribution in [0.15, 0.2) is 24.5 Å². The second-order valence-electron chi connectivity index (χ2n) is 4.40. The van der Waals surface area contributed by atoms with Crippen LogP contribution < -0.4 is 0 Å². The Balaban J connectivity index is 2.60. The van der Waals surface area contributed by atoms with Gasteiger partial charge in [-0.05, 0) is 44.6 Å². The standard InChI is InChI=1S/C13H22O/c1-5-13(9-7-6-8-10-13)14-12(4)11(2)3/h2,4-10H2,1,3H3. The molecule has 1 fully saturated rings. The first kappa shape index (κ1) is 11.4. The topological polar surface area (TPSA) is 9.23 Å². The highest BCUT2D eigenvalue weighted by Crippen LogP contribution is 2.36. The molecule has 0 radical (unpaired) electrons. The number of hydrogen-bond donors (Lipinski definition) is 0. The Morgan fingerprint density at radius 2 is 1.79 bits per heavy atom. The molecule has 0 aromatic rings. The van der Waals surface area contributed by atoms with Crippen LogP contribution >= 0.6 is 0 Å². The van der Waals surface area contributed by atoms with Gasteiger partial charge in [-0.15, -0.1) is 0 Å². The zero-order valence-electron chi connectivity index (χ0n) is 9.57. The summed E-state index contributed by atoms with van der Waals surface area (Å²) in [4.78, 5) is 0. The van der Waals surface area contributed by atoms with Gasteiger partial charge in [0, 0.05) is 0 Å². The molecule has 0 aliphatic heterocycles. The number of ether oxygens (including phenoxy) is 1. The quantitative estimate of drug-likeness (QED) is 0.481. The van der Waals surface area contributed by atoms with E-state index in [0.717, 1.165) is 17.8 Å². The van der Waals surface area contributed by atoms with Crippen molar-refractivity contribution in [1.29, 1.82) is 0 Å². The maximum Gasteiger partial charge on any atom is 0.115 e. The summed E-state index contributed by atoms with van der Waals surface area (Å²) in [6.45, 7) is 11.9. The molecule has 0 heterocycles. The van der Waals surface area contributed by atoms with E-state index in [2.05, 4.69) is 20.1 Å². The van der Waals surface area contributed by atoms with Crippen LogP contribution in [0.3, 0.4) is 0 Å². The van der Waals surface area contributed by atoms with Crippen molar-refractivity contribution in [3.05, 3.63) is 24.5 Å². The first-order valence-corrected chi connectivity index (χ1v) is 5.63. The fourth-order valence-corrected chi connectivity index (χ4v) is 2.07. The van der Waals surface area contributed by atoms with Gasteiger partial charge in [0.05, 0.1) is 0 Å². The average Bonchev–Trinajstić information content (AvgIpc) is 2.19. The monoisotopic (exact) mass is 194 g/mol. The molecular weight excluding hydrogens is 172 g/mol. The molecule has 0 bridgehead atoms. The summed E-state index contributed by atoms with van der Waals surface area (Å²) in [5, 5.41) is 0. The van der Waals surface area contributed by atoms with E-state index in [9.17, 15) is 0 Å². The Kier molecular flexibility index (Phi) is 3.79. The highest BCUT2D eigenvalue weighted by Gasteiger charge is 2.32. The molecule has 14 heavy (non-hydrogen) atoms. The van der Waals surface area contributed by atoms with Crippen LogP contribution in [0.1, 0.15) is 52.4 Å². The average molecular weight is 194 g/mol. The van der Waals surface area contributed by atoms with Gasteiger partial charge in [0.2, 0.25) is 0 Å². The van der Waals surface area contributed by atoms with Crippen molar-refractivity contribution >= 4 is 0 Å². The summed E-state index contributed by atoms with van der Waals surface area (Å²) >= 11 is 0. The molecule has 1 saturated carbocycles. The van der Waals surface area contributed by atoms with Crippen molar-refractivity contribution in [3.63, 3.8) is 0 Å². The molecule has 0 aromatic carbocycles. The fourth-order valence-electron chi connectivity index (χ4n) is 2.07. The minimum absolute atomic E-state index is 0.0638. The molecule has 1 nitrogen and oxygen atoms in total. The van der Waals surface area contributed by atoms with Crippen molar-refractivity contribution in [2.45, 2.75) is 58.0 Å². The summed E-state index contributed by atoms with van der Waals surface area (Å²) in [5.74, 6) is 0.772. The first-order valence-electron chi connectivity index (χ1n) is 5.63. The molecule has 0 aromatic heterocycles. The van der Waals surface area contributed by atoms with Gasteiger partial charge in [0.1, 0.15) is 11.4 Å². The van der Waals surface area contributed by atoms with Crippen molar-refractivity contribution in [1.82, 2.24) is 0 Å². The molecular formula is C13H22O. The Bertz CT molecular complexity index is 221. The van der Waals surface area contributed by atoms with E-state index in [-0.39, 0.29) is 5.60 Å². The largest absolute Gasteiger partial charge is 0.488 e. The van der Waals surface area contributed by atoms with E-state index < -0.39 is 0 Å². The van der Waals surface area contributed by atoms with Crippen molar-refractivity contribution in [3.8, 4) is 0 Å². The van der Waals surface area contributed by atoms with E-state index in [1.807, 2.05) is 6.92 Å². The van der Waals surface area contributed by atoms with Gasteiger partial charge in [0.15, 0.2) is 0 Å². The Hall–Kier alpha value is -0.720. The van der Waals surface area contributed by atoms with Crippen LogP contribution in [0.2, 0.25) is 0 Å². The molecule has 80 valence electrons. The first-order chi connectivity index (χ1) is 6.59. The normalized spacial score (nSPS) is 20.1. The third-order valence-electron chi connectivity index (χ3n) is 3.22. The lowest BCUT2D eigenvalue weighted by molar-refractivity contribution is -0.0273. The third kappa shape index (κ3) is 2.63. The van der Waals surface area contributed by atoms with Crippen molar-refractivity contribution in [2.24, 2.45) is 0 Å². The van der Waals surface area contributed by atoms with Gasteiger partial charge in [-0.2, -0.15) is 0 Å². The summed E-state index contributed by atoms with van der Waals surface area (Å²) in [5.41, 5.74) is 1.01. The van der Waals surface area contributed by atoms with Crippen LogP contribution in [-0.4, -0.2) is 5.60 Å². The van der Waals surface area contributed by atoms with Crippen LogP contribution in [0.4, 0.5) is 0 Å². The van der Waals surface area contributed by atoms with E-state index in [1.165, 1.54) is 32.1 Å². The Labute approximate surface area is 87.8 Å². The van der Waals surface area contributed by atoms with Crippen molar-refractivity contribution < 1.29 is 4.74 Å². The molecule has 1 rings (SSSR count). The van der Waals surface area contributed by atoms with E-state index >= 15 is 0 Å². The predicted octanol–water partition coefficient (Wildman–Crippen LogP) is 4.21. The molecule has 0 amide bonds. The van der Waals surface area contributed by atoms with Gasteiger partial charge in [-0.3, -0.25) is 0 Å². The second-order valence-corrected chi connectivity index (χ2v) is 4.40. The lowest BCUT2D eigenvalue weighted by Gasteiger charge is -2.37. The summed E-state index contributed by atoms with van der Waals surface area (Å²) in [6, 6.07) is 0. The lowest BCUT2D eigenvalue weighted by atomic mass is 9.82. The molecule has 0 unspecified atom stereocenters. The van der Waals surface area contributed by atoms with E-state index in [0.29, 0.717) is 0 Å². The molecule has 1 aliphatic rings. The second kappa shape index (κ2) is 4.68. The Morgan fingerprint density at radius 3 is 2.21 bits per heavy atom. The third-order valence-corrected chi connectivity index (χ3v) is 3.22. The van der Waals surface area contributed by atoms with Crippen LogP contribution in [0.25, 0.3) is 0 Å².